The molecule has 0 aromatic rings. The van der Waals surface area contributed by atoms with Crippen LogP contribution in [0.2, 0.25) is 0 Å². The van der Waals surface area contributed by atoms with Gasteiger partial charge >= 0.3 is 0 Å². The van der Waals surface area contributed by atoms with E-state index in [0.717, 1.165) is 0 Å². The van der Waals surface area contributed by atoms with Gasteiger partial charge in [0.2, 0.25) is 11.6 Å². The third-order valence-electron chi connectivity index (χ3n) is 2.73. The molecule has 0 aliphatic carbocycles. The van der Waals surface area contributed by atoms with Crippen LogP contribution in [0.1, 0.15) is 0 Å². The Bertz CT molecular complexity index is 416. The smallest absolute Gasteiger partial charge is 0.245 e. The van der Waals surface area contributed by atoms with Gasteiger partial charge < -0.3 is 30.3 Å². The molecule has 1 rings (SSSR count). The second-order valence-corrected chi connectivity index (χ2v) is 4.17. The zero-order valence-electron chi connectivity index (χ0n) is 10.4. The average Bonchev–Trinajstić information content (AvgIpc) is 2.51. The van der Waals surface area contributed by atoms with Crippen LogP contribution in [0.25, 0.3) is 0 Å². The van der Waals surface area contributed by atoms with Crippen LogP contribution >= 0.6 is 0 Å². The Hall–Kier alpha value is -1.58. The molecule has 0 fully saturated rings. The first-order chi connectivity index (χ1) is 9.40. The maximum atomic E-state index is 11.7. The maximum absolute atomic E-state index is 11.7. The van der Waals surface area contributed by atoms with E-state index in [1.54, 1.807) is 0 Å². The molecule has 0 bridgehead atoms. The van der Waals surface area contributed by atoms with Crippen molar-refractivity contribution in [3.8, 4) is 0 Å². The van der Waals surface area contributed by atoms with Gasteiger partial charge in [-0.05, 0) is 12.2 Å². The van der Waals surface area contributed by atoms with Crippen LogP contribution in [0, 0.1) is 0 Å². The van der Waals surface area contributed by atoms with Crippen molar-refractivity contribution >= 4 is 11.6 Å². The summed E-state index contributed by atoms with van der Waals surface area (Å²) in [6.07, 6.45) is -3.88. The maximum Gasteiger partial charge on any atom is 0.245 e. The van der Waals surface area contributed by atoms with Crippen molar-refractivity contribution in [2.24, 2.45) is 0 Å². The number of hydrogen-bond donors (Lipinski definition) is 5. The normalized spacial score (nSPS) is 23.6. The fourth-order valence-corrected chi connectivity index (χ4v) is 1.50. The van der Waals surface area contributed by atoms with Crippen molar-refractivity contribution in [1.29, 1.82) is 0 Å². The first-order valence-electron chi connectivity index (χ1n) is 5.80. The van der Waals surface area contributed by atoms with Gasteiger partial charge in [-0.15, -0.1) is 0 Å². The van der Waals surface area contributed by atoms with E-state index in [-0.39, 0.29) is 0 Å². The topological polar surface area (TPSA) is 145 Å². The Kier molecular flexibility index (Phi) is 5.99. The number of ketones is 2. The summed E-state index contributed by atoms with van der Waals surface area (Å²) in [7, 11) is 0. The molecule has 1 aliphatic rings. The molecule has 0 saturated heterocycles. The summed E-state index contributed by atoms with van der Waals surface area (Å²) in [5, 5.41) is 46.1. The number of allylic oxidation sites excluding steroid dienone is 2. The summed E-state index contributed by atoms with van der Waals surface area (Å²) in [4.78, 5) is 23.3. The minimum atomic E-state index is -2.23. The van der Waals surface area contributed by atoms with Gasteiger partial charge in [-0.3, -0.25) is 9.59 Å². The molecule has 1 aliphatic heterocycles. The van der Waals surface area contributed by atoms with Gasteiger partial charge in [0.05, 0.1) is 12.9 Å². The highest BCUT2D eigenvalue weighted by atomic mass is 16.5. The predicted molar refractivity (Wildman–Crippen MR) is 64.3 cm³/mol. The van der Waals surface area contributed by atoms with Crippen molar-refractivity contribution in [2.75, 3.05) is 6.61 Å². The van der Waals surface area contributed by atoms with E-state index in [1.807, 2.05) is 0 Å². The van der Waals surface area contributed by atoms with E-state index in [4.69, 9.17) is 14.9 Å². The number of hydrogen-bond acceptors (Lipinski definition) is 8. The molecule has 1 heterocycles. The molecule has 8 heteroatoms. The summed E-state index contributed by atoms with van der Waals surface area (Å²) in [6.45, 7) is -0.883. The van der Waals surface area contributed by atoms with Crippen LogP contribution in [-0.4, -0.2) is 74.2 Å². The molecule has 8 nitrogen and oxygen atoms in total. The van der Waals surface area contributed by atoms with Crippen LogP contribution in [0.15, 0.2) is 24.5 Å². The highest BCUT2D eigenvalue weighted by Crippen LogP contribution is 2.10. The number of aliphatic hydroxyl groups is 5. The van der Waals surface area contributed by atoms with Crippen LogP contribution < -0.4 is 0 Å². The third kappa shape index (κ3) is 3.71. The second-order valence-electron chi connectivity index (χ2n) is 4.17. The van der Waals surface area contributed by atoms with Gasteiger partial charge in [-0.1, -0.05) is 6.08 Å². The van der Waals surface area contributed by atoms with Gasteiger partial charge in [0.15, 0.2) is 6.10 Å². The number of carbonyl (C=O) groups excluding carboxylic acids is 2. The van der Waals surface area contributed by atoms with Gasteiger partial charge in [-0.2, -0.15) is 0 Å². The lowest BCUT2D eigenvalue weighted by atomic mass is 9.96. The quantitative estimate of drug-likeness (QED) is 0.312. The molecule has 0 spiro atoms. The molecule has 0 aromatic heterocycles. The van der Waals surface area contributed by atoms with E-state index >= 15 is 0 Å². The molecule has 1 unspecified atom stereocenters. The predicted octanol–water partition coefficient (Wildman–Crippen LogP) is -2.97. The van der Waals surface area contributed by atoms with Crippen molar-refractivity contribution in [3.63, 3.8) is 0 Å². The van der Waals surface area contributed by atoms with E-state index < -0.39 is 48.7 Å². The minimum absolute atomic E-state index is 0.883. The zero-order valence-corrected chi connectivity index (χ0v) is 10.4. The Labute approximate surface area is 114 Å². The van der Waals surface area contributed by atoms with Crippen molar-refractivity contribution in [3.05, 3.63) is 24.5 Å². The van der Waals surface area contributed by atoms with Crippen molar-refractivity contribution in [1.82, 2.24) is 0 Å². The number of carbonyl (C=O) groups is 2. The van der Waals surface area contributed by atoms with Crippen LogP contribution in [-0.2, 0) is 14.3 Å². The fourth-order valence-electron chi connectivity index (χ4n) is 1.50. The van der Waals surface area contributed by atoms with Gasteiger partial charge in [0.1, 0.15) is 24.4 Å². The summed E-state index contributed by atoms with van der Waals surface area (Å²) in [5.74, 6) is -2.48. The number of Topliss-reactive ketones (excluding diaryl/α,β-unsaturated/α-hetero) is 2. The Morgan fingerprint density at radius 3 is 2.25 bits per heavy atom. The zero-order chi connectivity index (χ0) is 15.3. The average molecular weight is 288 g/mol. The molecule has 5 atom stereocenters. The molecule has 0 radical (unpaired) electrons. The molecule has 0 aromatic carbocycles. The highest BCUT2D eigenvalue weighted by molar-refractivity contribution is 6.41. The van der Waals surface area contributed by atoms with Crippen molar-refractivity contribution in [2.45, 2.75) is 30.5 Å². The summed E-state index contributed by atoms with van der Waals surface area (Å²) < 4.78 is 4.84. The van der Waals surface area contributed by atoms with Gasteiger partial charge in [-0.25, -0.2) is 0 Å². The molecule has 20 heavy (non-hydrogen) atoms. The standard InChI is InChI=1S/C12H16O8/c13-5-6(14)8(15)10(17)12(19)11(18)9(16)7-3-1-2-4-20-7/h1-4,6-8,10,12-15,17,19H,5H2/t6-,7?,8-,10+,12+/m1/s1. The van der Waals surface area contributed by atoms with Crippen LogP contribution in [0.3, 0.4) is 0 Å². The summed E-state index contributed by atoms with van der Waals surface area (Å²) >= 11 is 0. The monoisotopic (exact) mass is 288 g/mol. The summed E-state index contributed by atoms with van der Waals surface area (Å²) in [6, 6.07) is 0. The molecule has 0 amide bonds. The van der Waals surface area contributed by atoms with Gasteiger partial charge in [0, 0.05) is 0 Å². The largest absolute Gasteiger partial charge is 0.486 e. The number of rotatable bonds is 7. The lowest BCUT2D eigenvalue weighted by Gasteiger charge is -2.25. The first kappa shape index (κ1) is 16.5. The molecule has 112 valence electrons. The van der Waals surface area contributed by atoms with E-state index in [0.29, 0.717) is 0 Å². The first-order valence-corrected chi connectivity index (χ1v) is 5.80. The fraction of sp³-hybridized carbons (Fsp3) is 0.500. The third-order valence-corrected chi connectivity index (χ3v) is 2.73. The summed E-state index contributed by atoms with van der Waals surface area (Å²) in [5.41, 5.74) is 0. The van der Waals surface area contributed by atoms with E-state index in [9.17, 15) is 24.9 Å². The number of aliphatic hydroxyl groups excluding tert-OH is 5. The highest BCUT2D eigenvalue weighted by Gasteiger charge is 2.39. The van der Waals surface area contributed by atoms with Crippen LogP contribution in [0.4, 0.5) is 0 Å². The molecular formula is C12H16O8. The van der Waals surface area contributed by atoms with Crippen molar-refractivity contribution < 1.29 is 39.9 Å². The van der Waals surface area contributed by atoms with E-state index in [2.05, 4.69) is 0 Å². The van der Waals surface area contributed by atoms with Crippen LogP contribution in [0.5, 0.6) is 0 Å². The SMILES string of the molecule is O=C(C(=O)[C@@H](O)[C@@H](O)[C@H](O)[C@H](O)CO)C1C=CC=CO1. The lowest BCUT2D eigenvalue weighted by Crippen LogP contribution is -2.51. The Balaban J connectivity index is 2.68. The molecular weight excluding hydrogens is 272 g/mol. The lowest BCUT2D eigenvalue weighted by molar-refractivity contribution is -0.156. The number of ether oxygens (including phenoxy) is 1. The minimum Gasteiger partial charge on any atom is -0.486 e. The Morgan fingerprint density at radius 1 is 1.10 bits per heavy atom. The van der Waals surface area contributed by atoms with E-state index in [1.165, 1.54) is 24.5 Å². The molecule has 0 saturated carbocycles. The van der Waals surface area contributed by atoms with Gasteiger partial charge in [0.25, 0.3) is 0 Å². The Morgan fingerprint density at radius 2 is 1.75 bits per heavy atom. The molecule has 5 N–H and O–H groups in total. The second kappa shape index (κ2) is 7.27.